The quantitative estimate of drug-likeness (QED) is 0.518. The molecule has 0 aliphatic carbocycles. The zero-order valence-electron chi connectivity index (χ0n) is 2.75. The van der Waals surface area contributed by atoms with Crippen LogP contribution in [0.1, 0.15) is 0 Å². The molecule has 0 saturated heterocycles. The van der Waals surface area contributed by atoms with Crippen LogP contribution in [0.3, 0.4) is 0 Å². The van der Waals surface area contributed by atoms with E-state index >= 15 is 0 Å². The van der Waals surface area contributed by atoms with Gasteiger partial charge in [0.15, 0.2) is 0 Å². The summed E-state index contributed by atoms with van der Waals surface area (Å²) in [4.78, 5) is 0. The maximum absolute atomic E-state index is 0. The molecule has 6 heteroatoms. The second-order valence-electron chi connectivity index (χ2n) is 0. The van der Waals surface area contributed by atoms with Crippen molar-refractivity contribution in [2.24, 2.45) is 0 Å². The van der Waals surface area contributed by atoms with Crippen molar-refractivity contribution >= 4 is 48.9 Å². The van der Waals surface area contributed by atoms with Gasteiger partial charge in [0.1, 0.15) is 0 Å². The van der Waals surface area contributed by atoms with Crippen LogP contribution in [0.15, 0.2) is 0 Å². The summed E-state index contributed by atoms with van der Waals surface area (Å²) in [6, 6.07) is 0. The van der Waals surface area contributed by atoms with Crippen LogP contribution < -0.4 is 0 Å². The molecular formula is BaMoO4-6. The van der Waals surface area contributed by atoms with Gasteiger partial charge in [-0.1, -0.05) is 0 Å². The average molecular weight is 297 g/mol. The van der Waals surface area contributed by atoms with Crippen LogP contribution in [-0.2, 0) is 43.0 Å². The Morgan fingerprint density at radius 2 is 0.500 bits per heavy atom. The van der Waals surface area contributed by atoms with Crippen LogP contribution >= 0.6 is 0 Å². The molecule has 0 amide bonds. The largest absolute Gasteiger partial charge is 2.00 e. The van der Waals surface area contributed by atoms with E-state index in [1.54, 1.807) is 0 Å². The molecule has 0 unspecified atom stereocenters. The van der Waals surface area contributed by atoms with E-state index in [4.69, 9.17) is 0 Å². The van der Waals surface area contributed by atoms with E-state index in [1.165, 1.54) is 0 Å². The van der Waals surface area contributed by atoms with Gasteiger partial charge in [-0.25, -0.2) is 0 Å². The van der Waals surface area contributed by atoms with Crippen LogP contribution in [0.4, 0.5) is 0 Å². The normalized spacial score (nSPS) is 0. The smallest absolute Gasteiger partial charge is 2.00 e. The second kappa shape index (κ2) is 59.9. The summed E-state index contributed by atoms with van der Waals surface area (Å²) in [5.74, 6) is 0. The summed E-state index contributed by atoms with van der Waals surface area (Å²) >= 11 is 0. The van der Waals surface area contributed by atoms with Gasteiger partial charge in [0.05, 0.1) is 0 Å². The van der Waals surface area contributed by atoms with Crippen molar-refractivity contribution < 1.29 is 43.0 Å². The molecule has 0 radical (unpaired) electrons. The maximum Gasteiger partial charge on any atom is 2.00 e. The van der Waals surface area contributed by atoms with Gasteiger partial charge in [-0.15, -0.1) is 0 Å². The van der Waals surface area contributed by atoms with Gasteiger partial charge in [-0.3, -0.25) is 0 Å². The van der Waals surface area contributed by atoms with Crippen LogP contribution in [0.25, 0.3) is 0 Å². The Bertz CT molecular complexity index is 7.51. The third kappa shape index (κ3) is 36.0. The topological polar surface area (TPSA) is 114 Å². The van der Waals surface area contributed by atoms with Gasteiger partial charge in [0, 0.05) is 21.1 Å². The van der Waals surface area contributed by atoms with Crippen LogP contribution in [0.5, 0.6) is 0 Å². The van der Waals surface area contributed by atoms with E-state index in [9.17, 15) is 0 Å². The van der Waals surface area contributed by atoms with Crippen molar-refractivity contribution in [3.05, 3.63) is 0 Å². The Balaban J connectivity index is 0. The Kier molecular flexibility index (Phi) is 925. The third-order valence-corrected chi connectivity index (χ3v) is 0. The van der Waals surface area contributed by atoms with E-state index < -0.39 is 0 Å². The van der Waals surface area contributed by atoms with Gasteiger partial charge < -0.3 is 21.9 Å². The molecule has 0 aromatic rings. The fourth-order valence-electron chi connectivity index (χ4n) is 0. The molecule has 0 saturated carbocycles. The minimum Gasteiger partial charge on any atom is -2.00 e. The number of hydrogen-bond acceptors (Lipinski definition) is 0. The molecule has 0 fully saturated rings. The molecule has 0 aliphatic heterocycles. The number of hydrogen-bond donors (Lipinski definition) is 0. The molecule has 0 aromatic carbocycles. The van der Waals surface area contributed by atoms with Crippen molar-refractivity contribution in [2.45, 2.75) is 0 Å². The Labute approximate surface area is 90.3 Å². The van der Waals surface area contributed by atoms with Gasteiger partial charge in [-0.2, -0.15) is 0 Å². The maximum atomic E-state index is 0. The molecule has 0 spiro atoms. The Morgan fingerprint density at radius 1 is 0.500 bits per heavy atom. The molecule has 0 heterocycles. The van der Waals surface area contributed by atoms with Crippen molar-refractivity contribution in [1.82, 2.24) is 0 Å². The minimum atomic E-state index is 0. The predicted octanol–water partition coefficient (Wildman–Crippen LogP) is -0.859. The molecule has 6 heavy (non-hydrogen) atoms. The summed E-state index contributed by atoms with van der Waals surface area (Å²) in [6.45, 7) is 0. The molecule has 0 aliphatic rings. The summed E-state index contributed by atoms with van der Waals surface area (Å²) < 4.78 is 0. The van der Waals surface area contributed by atoms with Crippen molar-refractivity contribution in [1.29, 1.82) is 0 Å². The third-order valence-electron chi connectivity index (χ3n) is 0. The van der Waals surface area contributed by atoms with E-state index in [0.29, 0.717) is 0 Å². The fraction of sp³-hybridized carbons (Fsp3) is 0. The van der Waals surface area contributed by atoms with Gasteiger partial charge >= 0.3 is 48.9 Å². The van der Waals surface area contributed by atoms with E-state index in [2.05, 4.69) is 0 Å². The van der Waals surface area contributed by atoms with E-state index in [-0.39, 0.29) is 91.9 Å². The first-order chi connectivity index (χ1) is 0. The molecule has 4 nitrogen and oxygen atoms in total. The first-order valence-corrected chi connectivity index (χ1v) is 0. The van der Waals surface area contributed by atoms with Crippen LogP contribution in [0.2, 0.25) is 0 Å². The zero-order chi connectivity index (χ0) is 0. The molecule has 0 atom stereocenters. The minimum absolute atomic E-state index is 0. The van der Waals surface area contributed by atoms with Crippen LogP contribution in [-0.4, -0.2) is 48.9 Å². The summed E-state index contributed by atoms with van der Waals surface area (Å²) in [5, 5.41) is 0. The average Bonchev–Trinajstić information content (AvgIpc) is 0. The summed E-state index contributed by atoms with van der Waals surface area (Å²) in [5.41, 5.74) is 0. The summed E-state index contributed by atoms with van der Waals surface area (Å²) in [7, 11) is 0. The van der Waals surface area contributed by atoms with Crippen molar-refractivity contribution in [3.8, 4) is 0 Å². The SMILES string of the molecule is [Ba+2].[Mo].[O-2].[O-2].[O-2].[O-2]. The molecule has 0 bridgehead atoms. The first kappa shape index (κ1) is 92.6. The van der Waals surface area contributed by atoms with Gasteiger partial charge in [0.2, 0.25) is 0 Å². The molecule has 0 aromatic heterocycles. The first-order valence-electron chi connectivity index (χ1n) is 0. The standard InChI is InChI=1S/Ba.Mo.4O/q+2;;4*-2. The summed E-state index contributed by atoms with van der Waals surface area (Å²) in [6.07, 6.45) is 0. The zero-order valence-corrected chi connectivity index (χ0v) is 9.20. The van der Waals surface area contributed by atoms with E-state index in [0.717, 1.165) is 0 Å². The molecule has 38 valence electrons. The van der Waals surface area contributed by atoms with Gasteiger partial charge in [0.25, 0.3) is 0 Å². The van der Waals surface area contributed by atoms with Crippen molar-refractivity contribution in [3.63, 3.8) is 0 Å². The molecule has 0 N–H and O–H groups in total. The molecule has 0 rings (SSSR count). The van der Waals surface area contributed by atoms with Crippen LogP contribution in [0, 0.1) is 0 Å². The fourth-order valence-corrected chi connectivity index (χ4v) is 0. The van der Waals surface area contributed by atoms with E-state index in [1.807, 2.05) is 0 Å². The number of rotatable bonds is 0. The Morgan fingerprint density at radius 3 is 0.500 bits per heavy atom. The second-order valence-corrected chi connectivity index (χ2v) is 0. The Hall–Kier alpha value is 2.10. The van der Waals surface area contributed by atoms with Gasteiger partial charge in [-0.05, 0) is 0 Å². The predicted molar refractivity (Wildman–Crippen MR) is 8.50 cm³/mol. The molecular weight excluding hydrogens is 297 g/mol. The monoisotopic (exact) mass is 300 g/mol. The van der Waals surface area contributed by atoms with Crippen molar-refractivity contribution in [2.75, 3.05) is 0 Å².